The summed E-state index contributed by atoms with van der Waals surface area (Å²) in [6, 6.07) is 18.2. The van der Waals surface area contributed by atoms with Crippen molar-refractivity contribution < 1.29 is 0 Å². The van der Waals surface area contributed by atoms with E-state index in [4.69, 9.17) is 0 Å². The first-order valence-electron chi connectivity index (χ1n) is 7.84. The quantitative estimate of drug-likeness (QED) is 0.511. The molecule has 1 atom stereocenters. The third-order valence-electron chi connectivity index (χ3n) is 4.92. The predicted octanol–water partition coefficient (Wildman–Crippen LogP) is 5.98. The monoisotopic (exact) mass is 272 g/mol. The van der Waals surface area contributed by atoms with Crippen molar-refractivity contribution >= 4 is 10.8 Å². The third-order valence-corrected chi connectivity index (χ3v) is 4.92. The van der Waals surface area contributed by atoms with Gasteiger partial charge in [-0.15, -0.1) is 0 Å². The van der Waals surface area contributed by atoms with Crippen LogP contribution < -0.4 is 0 Å². The van der Waals surface area contributed by atoms with Crippen molar-refractivity contribution in [3.63, 3.8) is 0 Å². The number of aryl methyl sites for hydroxylation is 2. The molecule has 0 bridgehead atoms. The minimum absolute atomic E-state index is 0.554. The van der Waals surface area contributed by atoms with Gasteiger partial charge in [-0.3, -0.25) is 0 Å². The van der Waals surface area contributed by atoms with Gasteiger partial charge in [-0.1, -0.05) is 61.0 Å². The number of benzene rings is 3. The fourth-order valence-electron chi connectivity index (χ4n) is 3.96. The number of fused-ring (bicyclic) bond motifs is 5. The predicted molar refractivity (Wildman–Crippen MR) is 91.0 cm³/mol. The Morgan fingerprint density at radius 1 is 0.857 bits per heavy atom. The van der Waals surface area contributed by atoms with Crippen LogP contribution in [0.2, 0.25) is 0 Å². The molecule has 104 valence electrons. The van der Waals surface area contributed by atoms with Crippen molar-refractivity contribution in [2.45, 2.75) is 33.1 Å². The molecule has 1 aliphatic rings. The molecule has 1 aliphatic carbocycles. The van der Waals surface area contributed by atoms with E-state index >= 15 is 0 Å². The maximum absolute atomic E-state index is 2.42. The fourth-order valence-corrected chi connectivity index (χ4v) is 3.96. The first-order chi connectivity index (χ1) is 10.2. The van der Waals surface area contributed by atoms with E-state index in [1.54, 1.807) is 0 Å². The molecular weight excluding hydrogens is 252 g/mol. The van der Waals surface area contributed by atoms with Crippen LogP contribution in [0.3, 0.4) is 0 Å². The minimum atomic E-state index is 0.554. The molecule has 0 saturated carbocycles. The molecule has 0 heteroatoms. The summed E-state index contributed by atoms with van der Waals surface area (Å²) in [6.07, 6.45) is 1.17. The van der Waals surface area contributed by atoms with Crippen LogP contribution in [-0.2, 0) is 0 Å². The van der Waals surface area contributed by atoms with Gasteiger partial charge in [0.25, 0.3) is 0 Å². The second-order valence-electron chi connectivity index (χ2n) is 6.25. The van der Waals surface area contributed by atoms with Gasteiger partial charge in [0.05, 0.1) is 0 Å². The highest BCUT2D eigenvalue weighted by Crippen LogP contribution is 2.50. The molecule has 0 saturated heterocycles. The first kappa shape index (κ1) is 12.6. The zero-order valence-electron chi connectivity index (χ0n) is 12.9. The Morgan fingerprint density at radius 2 is 1.62 bits per heavy atom. The van der Waals surface area contributed by atoms with Gasteiger partial charge in [0.1, 0.15) is 0 Å². The average molecular weight is 272 g/mol. The Morgan fingerprint density at radius 3 is 2.38 bits per heavy atom. The summed E-state index contributed by atoms with van der Waals surface area (Å²) in [5.74, 6) is 0.554. The summed E-state index contributed by atoms with van der Waals surface area (Å²) >= 11 is 0. The van der Waals surface area contributed by atoms with Crippen LogP contribution >= 0.6 is 0 Å². The van der Waals surface area contributed by atoms with Crippen LogP contribution in [0, 0.1) is 13.8 Å². The second kappa shape index (κ2) is 4.46. The molecule has 3 aromatic rings. The molecule has 0 heterocycles. The lowest BCUT2D eigenvalue weighted by molar-refractivity contribution is 0.796. The smallest absolute Gasteiger partial charge is 0.00994 e. The summed E-state index contributed by atoms with van der Waals surface area (Å²) in [6.45, 7) is 6.74. The summed E-state index contributed by atoms with van der Waals surface area (Å²) < 4.78 is 0. The van der Waals surface area contributed by atoms with Gasteiger partial charge in [0.15, 0.2) is 0 Å². The van der Waals surface area contributed by atoms with Crippen molar-refractivity contribution in [1.82, 2.24) is 0 Å². The third kappa shape index (κ3) is 1.68. The Hall–Kier alpha value is -2.08. The lowest BCUT2D eigenvalue weighted by atomic mass is 9.91. The van der Waals surface area contributed by atoms with E-state index in [2.05, 4.69) is 69.3 Å². The van der Waals surface area contributed by atoms with Crippen LogP contribution in [0.4, 0.5) is 0 Å². The lowest BCUT2D eigenvalue weighted by Gasteiger charge is -2.13. The van der Waals surface area contributed by atoms with Crippen molar-refractivity contribution in [2.24, 2.45) is 0 Å². The standard InChI is InChI=1S/C21H20/c1-4-15-19-11-13(2)9-10-18(19)21-17-8-6-5-7-16(17)14(3)12-20(15)21/h5-12,15H,4H2,1-3H3. The van der Waals surface area contributed by atoms with Gasteiger partial charge in [-0.05, 0) is 58.9 Å². The zero-order valence-corrected chi connectivity index (χ0v) is 12.9. The highest BCUT2D eigenvalue weighted by atomic mass is 14.3. The zero-order chi connectivity index (χ0) is 14.6. The van der Waals surface area contributed by atoms with Crippen LogP contribution in [0.5, 0.6) is 0 Å². The number of hydrogen-bond acceptors (Lipinski definition) is 0. The molecule has 0 aliphatic heterocycles. The Bertz CT molecular complexity index is 855. The van der Waals surface area contributed by atoms with Crippen molar-refractivity contribution in [2.75, 3.05) is 0 Å². The van der Waals surface area contributed by atoms with Crippen LogP contribution in [-0.4, -0.2) is 0 Å². The average Bonchev–Trinajstić information content (AvgIpc) is 2.80. The molecule has 0 nitrogen and oxygen atoms in total. The van der Waals surface area contributed by atoms with E-state index in [0.29, 0.717) is 5.92 Å². The SMILES string of the molecule is CCC1c2cc(C)ccc2-c2c1cc(C)c1ccccc21. The molecule has 21 heavy (non-hydrogen) atoms. The van der Waals surface area contributed by atoms with E-state index in [-0.39, 0.29) is 0 Å². The second-order valence-corrected chi connectivity index (χ2v) is 6.25. The molecule has 4 rings (SSSR count). The largest absolute Gasteiger partial charge is 0.0645 e. The van der Waals surface area contributed by atoms with Gasteiger partial charge >= 0.3 is 0 Å². The lowest BCUT2D eigenvalue weighted by Crippen LogP contribution is -1.95. The first-order valence-corrected chi connectivity index (χ1v) is 7.84. The maximum Gasteiger partial charge on any atom is 0.00994 e. The summed E-state index contributed by atoms with van der Waals surface area (Å²) in [5, 5.41) is 2.80. The van der Waals surface area contributed by atoms with Crippen LogP contribution in [0.15, 0.2) is 48.5 Å². The minimum Gasteiger partial charge on any atom is -0.0645 e. The van der Waals surface area contributed by atoms with Crippen LogP contribution in [0.1, 0.15) is 41.5 Å². The van der Waals surface area contributed by atoms with E-state index in [1.165, 1.54) is 50.6 Å². The Labute approximate surface area is 126 Å². The summed E-state index contributed by atoms with van der Waals surface area (Å²) in [5.41, 5.74) is 8.71. The van der Waals surface area contributed by atoms with E-state index in [0.717, 1.165) is 0 Å². The van der Waals surface area contributed by atoms with Gasteiger partial charge < -0.3 is 0 Å². The van der Waals surface area contributed by atoms with Crippen LogP contribution in [0.25, 0.3) is 21.9 Å². The van der Waals surface area contributed by atoms with Gasteiger partial charge in [-0.2, -0.15) is 0 Å². The molecule has 0 N–H and O–H groups in total. The number of hydrogen-bond donors (Lipinski definition) is 0. The van der Waals surface area contributed by atoms with Crippen molar-refractivity contribution in [1.29, 1.82) is 0 Å². The molecule has 3 aromatic carbocycles. The van der Waals surface area contributed by atoms with E-state index < -0.39 is 0 Å². The van der Waals surface area contributed by atoms with E-state index in [1.807, 2.05) is 0 Å². The summed E-state index contributed by atoms with van der Waals surface area (Å²) in [4.78, 5) is 0. The molecule has 0 spiro atoms. The summed E-state index contributed by atoms with van der Waals surface area (Å²) in [7, 11) is 0. The Kier molecular flexibility index (Phi) is 2.68. The highest BCUT2D eigenvalue weighted by Gasteiger charge is 2.29. The fraction of sp³-hybridized carbons (Fsp3) is 0.238. The van der Waals surface area contributed by atoms with Gasteiger partial charge in [0.2, 0.25) is 0 Å². The molecular formula is C21H20. The van der Waals surface area contributed by atoms with Gasteiger partial charge in [-0.25, -0.2) is 0 Å². The normalized spacial score (nSPS) is 16.0. The van der Waals surface area contributed by atoms with Gasteiger partial charge in [0, 0.05) is 5.92 Å². The molecule has 0 amide bonds. The molecule has 0 fully saturated rings. The van der Waals surface area contributed by atoms with Crippen molar-refractivity contribution in [3.05, 3.63) is 70.8 Å². The number of rotatable bonds is 1. The highest BCUT2D eigenvalue weighted by molar-refractivity contribution is 6.03. The molecule has 0 radical (unpaired) electrons. The maximum atomic E-state index is 2.42. The molecule has 0 aromatic heterocycles. The topological polar surface area (TPSA) is 0 Å². The van der Waals surface area contributed by atoms with Crippen molar-refractivity contribution in [3.8, 4) is 11.1 Å². The van der Waals surface area contributed by atoms with E-state index in [9.17, 15) is 0 Å². The molecule has 1 unspecified atom stereocenters. The Balaban J connectivity index is 2.16.